The molecule has 1 aliphatic rings. The van der Waals surface area contributed by atoms with Gasteiger partial charge in [0, 0.05) is 32.6 Å². The highest BCUT2D eigenvalue weighted by atomic mass is 32.1. The van der Waals surface area contributed by atoms with Crippen molar-refractivity contribution in [2.45, 2.75) is 26.3 Å². The van der Waals surface area contributed by atoms with Crippen molar-refractivity contribution in [1.29, 1.82) is 0 Å². The van der Waals surface area contributed by atoms with Crippen LogP contribution in [-0.4, -0.2) is 62.2 Å². The molecule has 27 heavy (non-hydrogen) atoms. The third kappa shape index (κ3) is 3.44. The second-order valence-corrected chi connectivity index (χ2v) is 7.80. The van der Waals surface area contributed by atoms with E-state index in [9.17, 15) is 9.50 Å². The van der Waals surface area contributed by atoms with Gasteiger partial charge in [0.15, 0.2) is 5.82 Å². The van der Waals surface area contributed by atoms with Gasteiger partial charge in [-0.3, -0.25) is 4.90 Å². The number of aromatic hydroxyl groups is 1. The molecule has 1 atom stereocenters. The fraction of sp³-hybridized carbons (Fsp3) is 0.474. The maximum Gasteiger partial charge on any atom is 0.230 e. The van der Waals surface area contributed by atoms with Gasteiger partial charge in [0.25, 0.3) is 0 Å². The molecule has 3 aromatic rings. The zero-order valence-electron chi connectivity index (χ0n) is 15.6. The number of rotatable bonds is 5. The summed E-state index contributed by atoms with van der Waals surface area (Å²) in [5.74, 6) is 0.549. The van der Waals surface area contributed by atoms with Crippen LogP contribution in [0.3, 0.4) is 0 Å². The summed E-state index contributed by atoms with van der Waals surface area (Å²) in [6.45, 7) is 8.83. The van der Waals surface area contributed by atoms with Crippen LogP contribution in [0.1, 0.15) is 36.2 Å². The summed E-state index contributed by atoms with van der Waals surface area (Å²) in [5, 5.41) is 15.2. The Bertz CT molecular complexity index is 931. The van der Waals surface area contributed by atoms with Gasteiger partial charge in [-0.05, 0) is 24.2 Å². The topological polar surface area (TPSA) is 56.9 Å². The Morgan fingerprint density at radius 3 is 2.63 bits per heavy atom. The summed E-state index contributed by atoms with van der Waals surface area (Å²) in [6, 6.07) is 6.45. The number of aromatic nitrogens is 3. The third-order valence-electron chi connectivity index (χ3n) is 5.19. The molecule has 1 aliphatic heterocycles. The number of fused-ring (bicyclic) bond motifs is 1. The largest absolute Gasteiger partial charge is 0.492 e. The van der Waals surface area contributed by atoms with Crippen LogP contribution in [0.5, 0.6) is 5.88 Å². The molecule has 0 spiro atoms. The van der Waals surface area contributed by atoms with Crippen LogP contribution < -0.4 is 0 Å². The van der Waals surface area contributed by atoms with Gasteiger partial charge >= 0.3 is 0 Å². The fourth-order valence-electron chi connectivity index (χ4n) is 3.66. The van der Waals surface area contributed by atoms with Crippen LogP contribution in [-0.2, 0) is 6.42 Å². The van der Waals surface area contributed by atoms with E-state index in [1.165, 1.54) is 21.9 Å². The van der Waals surface area contributed by atoms with Crippen molar-refractivity contribution in [2.24, 2.45) is 0 Å². The van der Waals surface area contributed by atoms with Crippen molar-refractivity contribution in [3.8, 4) is 5.88 Å². The Morgan fingerprint density at radius 1 is 1.22 bits per heavy atom. The van der Waals surface area contributed by atoms with E-state index in [1.807, 2.05) is 13.0 Å². The van der Waals surface area contributed by atoms with E-state index in [2.05, 4.69) is 26.8 Å². The maximum atomic E-state index is 14.0. The molecule has 0 saturated carbocycles. The summed E-state index contributed by atoms with van der Waals surface area (Å²) in [7, 11) is 0. The molecule has 8 heteroatoms. The Hall–Kier alpha value is -2.03. The number of halogens is 1. The molecule has 4 rings (SSSR count). The molecule has 0 amide bonds. The number of thiazole rings is 1. The van der Waals surface area contributed by atoms with Crippen molar-refractivity contribution < 1.29 is 9.50 Å². The molecule has 6 nitrogen and oxygen atoms in total. The van der Waals surface area contributed by atoms with Crippen molar-refractivity contribution >= 4 is 16.3 Å². The first-order valence-corrected chi connectivity index (χ1v) is 10.2. The highest BCUT2D eigenvalue weighted by molar-refractivity contribution is 7.17. The van der Waals surface area contributed by atoms with Crippen molar-refractivity contribution in [1.82, 2.24) is 24.4 Å². The zero-order chi connectivity index (χ0) is 19.0. The van der Waals surface area contributed by atoms with E-state index in [1.54, 1.807) is 12.1 Å². The van der Waals surface area contributed by atoms with Crippen LogP contribution in [0, 0.1) is 5.82 Å². The van der Waals surface area contributed by atoms with Gasteiger partial charge in [-0.15, -0.1) is 5.10 Å². The lowest BCUT2D eigenvalue weighted by Gasteiger charge is -2.38. The summed E-state index contributed by atoms with van der Waals surface area (Å²) in [5.41, 5.74) is 0.843. The number of piperazine rings is 1. The monoisotopic (exact) mass is 389 g/mol. The van der Waals surface area contributed by atoms with Gasteiger partial charge in [0.05, 0.1) is 10.9 Å². The van der Waals surface area contributed by atoms with Crippen LogP contribution in [0.4, 0.5) is 4.39 Å². The molecule has 1 N–H and O–H groups in total. The van der Waals surface area contributed by atoms with Gasteiger partial charge < -0.3 is 10.0 Å². The third-order valence-corrected chi connectivity index (χ3v) is 6.26. The lowest BCUT2D eigenvalue weighted by molar-refractivity contribution is 0.113. The average molecular weight is 390 g/mol. The van der Waals surface area contributed by atoms with E-state index in [0.29, 0.717) is 10.8 Å². The second-order valence-electron chi connectivity index (χ2n) is 6.79. The number of aryl methyl sites for hydroxylation is 1. The Morgan fingerprint density at radius 2 is 2.00 bits per heavy atom. The lowest BCUT2D eigenvalue weighted by Crippen LogP contribution is -2.47. The van der Waals surface area contributed by atoms with E-state index >= 15 is 0 Å². The van der Waals surface area contributed by atoms with E-state index in [-0.39, 0.29) is 17.7 Å². The fourth-order valence-corrected chi connectivity index (χ4v) is 4.80. The minimum Gasteiger partial charge on any atom is -0.492 e. The minimum absolute atomic E-state index is 0.106. The van der Waals surface area contributed by atoms with Crippen molar-refractivity contribution in [2.75, 3.05) is 32.7 Å². The number of benzene rings is 1. The summed E-state index contributed by atoms with van der Waals surface area (Å²) >= 11 is 1.43. The molecule has 2 aromatic heterocycles. The number of hydrogen-bond acceptors (Lipinski definition) is 6. The maximum absolute atomic E-state index is 14.0. The highest BCUT2D eigenvalue weighted by Gasteiger charge is 2.31. The first kappa shape index (κ1) is 18.3. The van der Waals surface area contributed by atoms with Crippen LogP contribution in [0.15, 0.2) is 24.3 Å². The van der Waals surface area contributed by atoms with Gasteiger partial charge in [-0.2, -0.15) is 4.52 Å². The number of likely N-dealkylation sites (N-methyl/N-ethyl adjacent to an activating group) is 1. The van der Waals surface area contributed by atoms with Gasteiger partial charge in [-0.1, -0.05) is 37.3 Å². The molecular formula is C19H24FN5OS. The van der Waals surface area contributed by atoms with Gasteiger partial charge in [-0.25, -0.2) is 9.37 Å². The second kappa shape index (κ2) is 7.53. The summed E-state index contributed by atoms with van der Waals surface area (Å²) < 4.78 is 15.5. The molecule has 1 aromatic carbocycles. The van der Waals surface area contributed by atoms with Crippen LogP contribution in [0.25, 0.3) is 4.96 Å². The molecule has 0 unspecified atom stereocenters. The van der Waals surface area contributed by atoms with E-state index in [4.69, 9.17) is 0 Å². The molecule has 0 aliphatic carbocycles. The van der Waals surface area contributed by atoms with Crippen LogP contribution in [0.2, 0.25) is 0 Å². The van der Waals surface area contributed by atoms with Gasteiger partial charge in [0.1, 0.15) is 5.82 Å². The highest BCUT2D eigenvalue weighted by Crippen LogP contribution is 2.40. The van der Waals surface area contributed by atoms with E-state index < -0.39 is 0 Å². The van der Waals surface area contributed by atoms with Crippen molar-refractivity contribution in [3.63, 3.8) is 0 Å². The molecule has 144 valence electrons. The van der Waals surface area contributed by atoms with E-state index in [0.717, 1.165) is 49.6 Å². The smallest absolute Gasteiger partial charge is 0.230 e. The predicted molar refractivity (Wildman–Crippen MR) is 104 cm³/mol. The van der Waals surface area contributed by atoms with Crippen LogP contribution >= 0.6 is 11.3 Å². The Labute approximate surface area is 161 Å². The Kier molecular flexibility index (Phi) is 5.12. The molecule has 1 fully saturated rings. The zero-order valence-corrected chi connectivity index (χ0v) is 16.4. The predicted octanol–water partition coefficient (Wildman–Crippen LogP) is 2.92. The SMILES string of the molecule is CCc1nc2sc([C@H](c3cccc(F)c3)N3CCN(CC)CC3)c(O)n2n1. The summed E-state index contributed by atoms with van der Waals surface area (Å²) in [6.07, 6.45) is 0.718. The first-order valence-electron chi connectivity index (χ1n) is 9.39. The average Bonchev–Trinajstić information content (AvgIpc) is 3.22. The lowest BCUT2D eigenvalue weighted by atomic mass is 10.0. The standard InChI is InChI=1S/C19H24FN5OS/c1-3-15-21-19-25(22-15)18(26)17(27-19)16(13-6-5-7-14(20)12-13)24-10-8-23(4-2)9-11-24/h5-7,12,16,26H,3-4,8-11H2,1-2H3/t16-/m0/s1. The summed E-state index contributed by atoms with van der Waals surface area (Å²) in [4.78, 5) is 10.6. The molecule has 3 heterocycles. The number of nitrogens with zero attached hydrogens (tertiary/aromatic N) is 5. The van der Waals surface area contributed by atoms with Crippen molar-refractivity contribution in [3.05, 3.63) is 46.3 Å². The minimum atomic E-state index is -0.267. The number of hydrogen-bond donors (Lipinski definition) is 1. The normalized spacial score (nSPS) is 17.6. The van der Waals surface area contributed by atoms with Gasteiger partial charge in [0.2, 0.25) is 10.8 Å². The first-order chi connectivity index (χ1) is 13.1. The molecule has 0 radical (unpaired) electrons. The molecular weight excluding hydrogens is 365 g/mol. The molecule has 0 bridgehead atoms. The molecule has 1 saturated heterocycles. The Balaban J connectivity index is 1.76. The quantitative estimate of drug-likeness (QED) is 0.727.